The number of hydrogen-bond acceptors (Lipinski definition) is 7. The zero-order valence-corrected chi connectivity index (χ0v) is 20.7. The smallest absolute Gasteiger partial charge is 0.227 e. The maximum absolute atomic E-state index is 5.89. The molecule has 184 valence electrons. The minimum atomic E-state index is 0.118. The molecule has 0 saturated carbocycles. The molecular formula is C29H32N6O. The third-order valence-corrected chi connectivity index (χ3v) is 7.12. The summed E-state index contributed by atoms with van der Waals surface area (Å²) in [6.45, 7) is 6.79. The lowest BCUT2D eigenvalue weighted by atomic mass is 9.99. The van der Waals surface area contributed by atoms with Gasteiger partial charge in [0.2, 0.25) is 5.95 Å². The van der Waals surface area contributed by atoms with Crippen molar-refractivity contribution in [2.24, 2.45) is 0 Å². The van der Waals surface area contributed by atoms with E-state index >= 15 is 0 Å². The predicted molar refractivity (Wildman–Crippen MR) is 146 cm³/mol. The van der Waals surface area contributed by atoms with Crippen LogP contribution in [0.5, 0.6) is 0 Å². The maximum atomic E-state index is 5.89. The molecule has 36 heavy (non-hydrogen) atoms. The van der Waals surface area contributed by atoms with E-state index in [0.29, 0.717) is 5.95 Å². The van der Waals surface area contributed by atoms with Crippen LogP contribution in [-0.2, 0) is 4.74 Å². The fraction of sp³-hybridized carbons (Fsp3) is 0.310. The molecular weight excluding hydrogens is 448 g/mol. The Hall–Kier alpha value is -3.52. The summed E-state index contributed by atoms with van der Waals surface area (Å²) < 4.78 is 5.89. The first-order valence-corrected chi connectivity index (χ1v) is 12.7. The minimum absolute atomic E-state index is 0.118. The van der Waals surface area contributed by atoms with Crippen molar-refractivity contribution in [1.82, 2.24) is 20.2 Å². The standard InChI is InChI=1S/C29H32N6O/c1-34-13-15-35(16-14-34)24-5-2-4-23(18-24)32-29-31-19-26-25(6-3-7-27(26)33-29)21-8-10-22(11-9-21)28-20-30-12-17-36-28/h2-11,18-19,28,30H,12-17,20H2,1H3,(H,31,32,33). The van der Waals surface area contributed by atoms with Gasteiger partial charge in [-0.05, 0) is 48.0 Å². The van der Waals surface area contributed by atoms with Crippen LogP contribution in [-0.4, -0.2) is 67.8 Å². The van der Waals surface area contributed by atoms with Gasteiger partial charge in [0.05, 0.1) is 18.2 Å². The molecule has 2 aliphatic heterocycles. The van der Waals surface area contributed by atoms with Crippen molar-refractivity contribution >= 4 is 28.2 Å². The predicted octanol–water partition coefficient (Wildman–Crippen LogP) is 4.45. The summed E-state index contributed by atoms with van der Waals surface area (Å²) in [5, 5.41) is 7.84. The molecule has 1 unspecified atom stereocenters. The summed E-state index contributed by atoms with van der Waals surface area (Å²) in [7, 11) is 2.18. The summed E-state index contributed by atoms with van der Waals surface area (Å²) >= 11 is 0. The second-order valence-corrected chi connectivity index (χ2v) is 9.58. The molecule has 0 amide bonds. The molecule has 0 bridgehead atoms. The normalized spacial score (nSPS) is 18.9. The monoisotopic (exact) mass is 480 g/mol. The van der Waals surface area contributed by atoms with Crippen LogP contribution in [0.4, 0.5) is 17.3 Å². The molecule has 6 rings (SSSR count). The van der Waals surface area contributed by atoms with Gasteiger partial charge in [-0.2, -0.15) is 0 Å². The van der Waals surface area contributed by atoms with Crippen LogP contribution in [0, 0.1) is 0 Å². The van der Waals surface area contributed by atoms with Crippen molar-refractivity contribution in [3.8, 4) is 11.1 Å². The highest BCUT2D eigenvalue weighted by Crippen LogP contribution is 2.30. The number of rotatable bonds is 5. The van der Waals surface area contributed by atoms with Crippen molar-refractivity contribution in [3.05, 3.63) is 78.5 Å². The Labute approximate surface area is 212 Å². The average Bonchev–Trinajstić information content (AvgIpc) is 2.94. The zero-order valence-electron chi connectivity index (χ0n) is 20.7. The van der Waals surface area contributed by atoms with Gasteiger partial charge in [0.1, 0.15) is 0 Å². The van der Waals surface area contributed by atoms with Gasteiger partial charge in [-0.3, -0.25) is 0 Å². The van der Waals surface area contributed by atoms with Crippen LogP contribution in [0.25, 0.3) is 22.0 Å². The highest BCUT2D eigenvalue weighted by atomic mass is 16.5. The second-order valence-electron chi connectivity index (χ2n) is 9.58. The number of anilines is 3. The van der Waals surface area contributed by atoms with Crippen molar-refractivity contribution in [2.45, 2.75) is 6.10 Å². The zero-order chi connectivity index (χ0) is 24.3. The lowest BCUT2D eigenvalue weighted by Crippen LogP contribution is -2.44. The lowest BCUT2D eigenvalue weighted by Gasteiger charge is -2.34. The van der Waals surface area contributed by atoms with E-state index in [1.54, 1.807) is 0 Å². The Balaban J connectivity index is 1.21. The number of ether oxygens (including phenoxy) is 1. The Morgan fingerprint density at radius 3 is 2.61 bits per heavy atom. The number of hydrogen-bond donors (Lipinski definition) is 2. The highest BCUT2D eigenvalue weighted by Gasteiger charge is 2.17. The lowest BCUT2D eigenvalue weighted by molar-refractivity contribution is 0.0277. The first-order valence-electron chi connectivity index (χ1n) is 12.7. The number of nitrogens with one attached hydrogen (secondary N) is 2. The molecule has 0 spiro atoms. The number of piperazine rings is 1. The molecule has 4 aromatic rings. The quantitative estimate of drug-likeness (QED) is 0.437. The van der Waals surface area contributed by atoms with E-state index in [2.05, 4.69) is 93.1 Å². The molecule has 2 fully saturated rings. The molecule has 3 heterocycles. The summed E-state index contributed by atoms with van der Waals surface area (Å²) in [6, 6.07) is 23.4. The van der Waals surface area contributed by atoms with E-state index < -0.39 is 0 Å². The van der Waals surface area contributed by atoms with Crippen molar-refractivity contribution < 1.29 is 4.74 Å². The number of fused-ring (bicyclic) bond motifs is 1. The van der Waals surface area contributed by atoms with Crippen LogP contribution in [0.15, 0.2) is 72.9 Å². The molecule has 7 heteroatoms. The number of benzene rings is 3. The Kier molecular flexibility index (Phi) is 6.51. The van der Waals surface area contributed by atoms with E-state index in [1.807, 2.05) is 12.3 Å². The maximum Gasteiger partial charge on any atom is 0.227 e. The van der Waals surface area contributed by atoms with Crippen LogP contribution in [0.2, 0.25) is 0 Å². The first kappa shape index (κ1) is 22.9. The Morgan fingerprint density at radius 2 is 1.81 bits per heavy atom. The van der Waals surface area contributed by atoms with E-state index in [0.717, 1.165) is 73.6 Å². The van der Waals surface area contributed by atoms with E-state index in [1.165, 1.54) is 11.3 Å². The van der Waals surface area contributed by atoms with Crippen LogP contribution < -0.4 is 15.5 Å². The fourth-order valence-corrected chi connectivity index (χ4v) is 5.00. The van der Waals surface area contributed by atoms with Crippen molar-refractivity contribution in [3.63, 3.8) is 0 Å². The van der Waals surface area contributed by atoms with Gasteiger partial charge in [0.25, 0.3) is 0 Å². The summed E-state index contributed by atoms with van der Waals surface area (Å²) in [5.41, 5.74) is 6.63. The minimum Gasteiger partial charge on any atom is -0.371 e. The Bertz CT molecular complexity index is 1330. The molecule has 2 N–H and O–H groups in total. The molecule has 3 aromatic carbocycles. The van der Waals surface area contributed by atoms with Gasteiger partial charge in [-0.25, -0.2) is 9.97 Å². The second kappa shape index (κ2) is 10.2. The van der Waals surface area contributed by atoms with Gasteiger partial charge < -0.3 is 25.2 Å². The molecule has 7 nitrogen and oxygen atoms in total. The topological polar surface area (TPSA) is 65.5 Å². The summed E-state index contributed by atoms with van der Waals surface area (Å²) in [6.07, 6.45) is 2.04. The number of morpholine rings is 1. The number of aromatic nitrogens is 2. The third kappa shape index (κ3) is 4.91. The fourth-order valence-electron chi connectivity index (χ4n) is 5.00. The summed E-state index contributed by atoms with van der Waals surface area (Å²) in [5.74, 6) is 0.604. The SMILES string of the molecule is CN1CCN(c2cccc(Nc3ncc4c(-c5ccc(C6CNCCO6)cc5)cccc4n3)c2)CC1. The van der Waals surface area contributed by atoms with Gasteiger partial charge in [-0.1, -0.05) is 42.5 Å². The largest absolute Gasteiger partial charge is 0.371 e. The highest BCUT2D eigenvalue weighted by molar-refractivity contribution is 5.94. The molecule has 1 aromatic heterocycles. The Morgan fingerprint density at radius 1 is 0.972 bits per heavy atom. The first-order chi connectivity index (χ1) is 17.7. The molecule has 1 atom stereocenters. The van der Waals surface area contributed by atoms with Gasteiger partial charge in [-0.15, -0.1) is 0 Å². The van der Waals surface area contributed by atoms with Gasteiger partial charge in [0.15, 0.2) is 0 Å². The number of nitrogens with zero attached hydrogens (tertiary/aromatic N) is 4. The molecule has 0 aliphatic carbocycles. The molecule has 2 aliphatic rings. The average molecular weight is 481 g/mol. The summed E-state index contributed by atoms with van der Waals surface area (Å²) in [4.78, 5) is 14.3. The molecule has 0 radical (unpaired) electrons. The van der Waals surface area contributed by atoms with E-state index in [4.69, 9.17) is 9.72 Å². The van der Waals surface area contributed by atoms with Crippen LogP contribution >= 0.6 is 0 Å². The van der Waals surface area contributed by atoms with Gasteiger partial charge in [0, 0.05) is 62.2 Å². The third-order valence-electron chi connectivity index (χ3n) is 7.12. The van der Waals surface area contributed by atoms with Crippen LogP contribution in [0.1, 0.15) is 11.7 Å². The van der Waals surface area contributed by atoms with E-state index in [-0.39, 0.29) is 6.10 Å². The number of likely N-dealkylation sites (N-methyl/N-ethyl adjacent to an activating group) is 1. The van der Waals surface area contributed by atoms with Crippen molar-refractivity contribution in [2.75, 3.05) is 63.1 Å². The van der Waals surface area contributed by atoms with E-state index in [9.17, 15) is 0 Å². The van der Waals surface area contributed by atoms with Gasteiger partial charge >= 0.3 is 0 Å². The van der Waals surface area contributed by atoms with Crippen LogP contribution in [0.3, 0.4) is 0 Å². The van der Waals surface area contributed by atoms with Crippen molar-refractivity contribution in [1.29, 1.82) is 0 Å². The molecule has 2 saturated heterocycles.